The van der Waals surface area contributed by atoms with Gasteiger partial charge in [0, 0.05) is 17.3 Å². The first-order chi connectivity index (χ1) is 14.7. The summed E-state index contributed by atoms with van der Waals surface area (Å²) >= 11 is 0. The first kappa shape index (κ1) is 22.1. The van der Waals surface area contributed by atoms with Gasteiger partial charge >= 0.3 is 5.97 Å². The fraction of sp³-hybridized carbons (Fsp3) is 0.292. The molecule has 1 amide bonds. The summed E-state index contributed by atoms with van der Waals surface area (Å²) in [6.07, 6.45) is 0.668. The molecule has 162 valence electrons. The molecule has 1 unspecified atom stereocenters. The molecule has 0 bridgehead atoms. The quantitative estimate of drug-likeness (QED) is 0.608. The van der Waals surface area contributed by atoms with Crippen LogP contribution in [0.2, 0.25) is 0 Å². The van der Waals surface area contributed by atoms with Crippen molar-refractivity contribution in [2.75, 3.05) is 7.11 Å². The lowest BCUT2D eigenvalue weighted by Crippen LogP contribution is -2.46. The van der Waals surface area contributed by atoms with Crippen LogP contribution in [0.3, 0.4) is 0 Å². The lowest BCUT2D eigenvalue weighted by atomic mass is 10.1. The molecule has 1 aromatic heterocycles. The number of carbonyl (C=O) groups is 2. The molecule has 31 heavy (non-hydrogen) atoms. The lowest BCUT2D eigenvalue weighted by Gasteiger charge is -2.23. The number of amides is 1. The number of aromatic nitrogens is 2. The number of ether oxygens (including phenoxy) is 2. The molecule has 0 aliphatic carbocycles. The minimum Gasteiger partial charge on any atom is -0.497 e. The van der Waals surface area contributed by atoms with Crippen molar-refractivity contribution in [3.05, 3.63) is 66.4 Å². The third-order valence-corrected chi connectivity index (χ3v) is 4.47. The smallest absolute Gasteiger partial charge is 0.342 e. The summed E-state index contributed by atoms with van der Waals surface area (Å²) < 4.78 is 12.3. The number of esters is 1. The Bertz CT molecular complexity index is 1050. The van der Waals surface area contributed by atoms with Gasteiger partial charge in [-0.1, -0.05) is 18.2 Å². The van der Waals surface area contributed by atoms with Crippen LogP contribution >= 0.6 is 0 Å². The normalized spacial score (nSPS) is 12.2. The lowest BCUT2D eigenvalue weighted by molar-refractivity contribution is -0.130. The Balaban J connectivity index is 1.94. The number of hydrogen-bond donors (Lipinski definition) is 1. The number of benzene rings is 2. The average Bonchev–Trinajstić information content (AvgIpc) is 3.19. The van der Waals surface area contributed by atoms with Crippen molar-refractivity contribution in [3.63, 3.8) is 0 Å². The maximum absolute atomic E-state index is 13.0. The van der Waals surface area contributed by atoms with Gasteiger partial charge in [0.2, 0.25) is 0 Å². The van der Waals surface area contributed by atoms with E-state index in [1.54, 1.807) is 37.0 Å². The second kappa shape index (κ2) is 9.04. The molecule has 3 rings (SSSR count). The monoisotopic (exact) mass is 421 g/mol. The van der Waals surface area contributed by atoms with Gasteiger partial charge in [-0.2, -0.15) is 5.10 Å². The summed E-state index contributed by atoms with van der Waals surface area (Å²) in [5.41, 5.74) is 1.83. The van der Waals surface area contributed by atoms with E-state index >= 15 is 0 Å². The Morgan fingerprint density at radius 1 is 1.03 bits per heavy atom. The van der Waals surface area contributed by atoms with E-state index in [4.69, 9.17) is 9.47 Å². The van der Waals surface area contributed by atoms with Crippen LogP contribution in [-0.2, 0) is 9.53 Å². The van der Waals surface area contributed by atoms with Crippen LogP contribution in [-0.4, -0.2) is 40.4 Å². The van der Waals surface area contributed by atoms with Gasteiger partial charge < -0.3 is 14.8 Å². The van der Waals surface area contributed by atoms with Crippen LogP contribution in [0.5, 0.6) is 5.75 Å². The number of hydrogen-bond acceptors (Lipinski definition) is 5. The highest BCUT2D eigenvalue weighted by atomic mass is 16.5. The zero-order valence-corrected chi connectivity index (χ0v) is 18.4. The molecular formula is C24H27N3O4. The van der Waals surface area contributed by atoms with Gasteiger partial charge in [0.05, 0.1) is 12.8 Å². The van der Waals surface area contributed by atoms with Crippen LogP contribution in [0.4, 0.5) is 0 Å². The minimum absolute atomic E-state index is 0.268. The Hall–Kier alpha value is -3.61. The summed E-state index contributed by atoms with van der Waals surface area (Å²) in [5, 5.41) is 7.43. The van der Waals surface area contributed by atoms with Gasteiger partial charge in [-0.3, -0.25) is 4.79 Å². The molecule has 1 N–H and O–H groups in total. The number of rotatable bonds is 6. The number of methoxy groups -OCH3 is 1. The third-order valence-electron chi connectivity index (χ3n) is 4.47. The predicted molar refractivity (Wildman–Crippen MR) is 118 cm³/mol. The highest BCUT2D eigenvalue weighted by Gasteiger charge is 2.26. The standard InChI is InChI=1S/C24H27N3O4/c1-16(22(28)25-24(2,3)4)31-23(29)20-15-27(18-9-7-6-8-10-18)26-21(20)17-11-13-19(30-5)14-12-17/h6-16H,1-5H3,(H,25,28). The molecule has 0 saturated heterocycles. The fourth-order valence-electron chi connectivity index (χ4n) is 2.95. The van der Waals surface area contributed by atoms with E-state index in [-0.39, 0.29) is 11.5 Å². The van der Waals surface area contributed by atoms with Crippen LogP contribution < -0.4 is 10.1 Å². The second-order valence-corrected chi connectivity index (χ2v) is 8.19. The van der Waals surface area contributed by atoms with Gasteiger partial charge in [0.15, 0.2) is 6.10 Å². The first-order valence-electron chi connectivity index (χ1n) is 10.0. The molecule has 2 aromatic carbocycles. The highest BCUT2D eigenvalue weighted by Crippen LogP contribution is 2.26. The second-order valence-electron chi connectivity index (χ2n) is 8.19. The van der Waals surface area contributed by atoms with Crippen LogP contribution in [0, 0.1) is 0 Å². The van der Waals surface area contributed by atoms with E-state index in [0.29, 0.717) is 11.4 Å². The molecule has 0 aliphatic heterocycles. The summed E-state index contributed by atoms with van der Waals surface area (Å²) in [4.78, 5) is 25.4. The van der Waals surface area contributed by atoms with Gasteiger partial charge in [-0.05, 0) is 64.1 Å². The van der Waals surface area contributed by atoms with Crippen LogP contribution in [0.25, 0.3) is 16.9 Å². The largest absolute Gasteiger partial charge is 0.497 e. The zero-order valence-electron chi connectivity index (χ0n) is 18.4. The highest BCUT2D eigenvalue weighted by molar-refractivity contribution is 5.97. The van der Waals surface area contributed by atoms with Crippen molar-refractivity contribution in [3.8, 4) is 22.7 Å². The van der Waals surface area contributed by atoms with E-state index in [0.717, 1.165) is 11.3 Å². The zero-order chi connectivity index (χ0) is 22.6. The van der Waals surface area contributed by atoms with E-state index in [9.17, 15) is 9.59 Å². The van der Waals surface area contributed by atoms with Gasteiger partial charge in [-0.25, -0.2) is 9.48 Å². The molecule has 0 radical (unpaired) electrons. The summed E-state index contributed by atoms with van der Waals surface area (Å²) in [5.74, 6) is -0.283. The van der Waals surface area contributed by atoms with Crippen molar-refractivity contribution < 1.29 is 19.1 Å². The molecule has 1 heterocycles. The molecule has 0 saturated carbocycles. The van der Waals surface area contributed by atoms with Crippen molar-refractivity contribution >= 4 is 11.9 Å². The summed E-state index contributed by atoms with van der Waals surface area (Å²) in [6.45, 7) is 7.15. The summed E-state index contributed by atoms with van der Waals surface area (Å²) in [7, 11) is 1.59. The predicted octanol–water partition coefficient (Wildman–Crippen LogP) is 4.01. The fourth-order valence-corrected chi connectivity index (χ4v) is 2.95. The molecule has 0 aliphatic rings. The van der Waals surface area contributed by atoms with E-state index in [1.807, 2.05) is 63.2 Å². The topological polar surface area (TPSA) is 82.5 Å². The van der Waals surface area contributed by atoms with Crippen LogP contribution in [0.15, 0.2) is 60.8 Å². The van der Waals surface area contributed by atoms with Crippen LogP contribution in [0.1, 0.15) is 38.1 Å². The Kier molecular flexibility index (Phi) is 6.44. The summed E-state index contributed by atoms with van der Waals surface area (Å²) in [6, 6.07) is 16.7. The van der Waals surface area contributed by atoms with Gasteiger partial charge in [0.25, 0.3) is 5.91 Å². The van der Waals surface area contributed by atoms with Gasteiger partial charge in [-0.15, -0.1) is 0 Å². The molecule has 3 aromatic rings. The number of para-hydroxylation sites is 1. The molecule has 7 nitrogen and oxygen atoms in total. The SMILES string of the molecule is COc1ccc(-c2nn(-c3ccccc3)cc2C(=O)OC(C)C(=O)NC(C)(C)C)cc1. The molecule has 1 atom stereocenters. The number of carbonyl (C=O) groups excluding carboxylic acids is 2. The Morgan fingerprint density at radius 3 is 2.26 bits per heavy atom. The van der Waals surface area contributed by atoms with E-state index < -0.39 is 17.6 Å². The third kappa shape index (κ3) is 5.51. The average molecular weight is 421 g/mol. The number of nitrogens with one attached hydrogen (secondary N) is 1. The Labute approximate surface area is 182 Å². The molecule has 0 spiro atoms. The van der Waals surface area contributed by atoms with Gasteiger partial charge in [0.1, 0.15) is 17.0 Å². The van der Waals surface area contributed by atoms with Crippen molar-refractivity contribution in [1.82, 2.24) is 15.1 Å². The van der Waals surface area contributed by atoms with Crippen molar-refractivity contribution in [2.24, 2.45) is 0 Å². The molecule has 0 fully saturated rings. The maximum Gasteiger partial charge on any atom is 0.342 e. The van der Waals surface area contributed by atoms with Crippen molar-refractivity contribution in [1.29, 1.82) is 0 Å². The van der Waals surface area contributed by atoms with E-state index in [2.05, 4.69) is 10.4 Å². The maximum atomic E-state index is 13.0. The minimum atomic E-state index is -0.949. The van der Waals surface area contributed by atoms with E-state index in [1.165, 1.54) is 0 Å². The molecular weight excluding hydrogens is 394 g/mol. The number of nitrogens with zero attached hydrogens (tertiary/aromatic N) is 2. The first-order valence-corrected chi connectivity index (χ1v) is 10.0. The molecule has 7 heteroatoms. The Morgan fingerprint density at radius 2 is 1.68 bits per heavy atom. The van der Waals surface area contributed by atoms with Crippen molar-refractivity contribution in [2.45, 2.75) is 39.3 Å².